The molecule has 0 N–H and O–H groups in total. The van der Waals surface area contributed by atoms with Crippen LogP contribution in [0.25, 0.3) is 0 Å². The summed E-state index contributed by atoms with van der Waals surface area (Å²) in [5, 5.41) is 10.7. The number of halogens is 1. The lowest BCUT2D eigenvalue weighted by atomic mass is 10.1. The second-order valence-electron chi connectivity index (χ2n) is 4.40. The van der Waals surface area contributed by atoms with E-state index in [0.717, 1.165) is 0 Å². The van der Waals surface area contributed by atoms with Crippen molar-refractivity contribution in [2.75, 3.05) is 0 Å². The minimum atomic E-state index is -0.613. The smallest absolute Gasteiger partial charge is 0.277 e. The Labute approximate surface area is 93.2 Å². The SMILES string of the molecule is CC(C)(C)OCc1c(F)cccc1[N+](=O)[O-]. The Kier molecular flexibility index (Phi) is 3.59. The van der Waals surface area contributed by atoms with Gasteiger partial charge in [0.25, 0.3) is 5.69 Å². The average Bonchev–Trinajstić information content (AvgIpc) is 2.13. The number of hydrogen-bond donors (Lipinski definition) is 0. The number of hydrogen-bond acceptors (Lipinski definition) is 3. The van der Waals surface area contributed by atoms with Crippen molar-refractivity contribution in [2.24, 2.45) is 0 Å². The molecule has 0 aromatic heterocycles. The van der Waals surface area contributed by atoms with Gasteiger partial charge >= 0.3 is 0 Å². The van der Waals surface area contributed by atoms with Gasteiger partial charge in [0.1, 0.15) is 5.82 Å². The Balaban J connectivity index is 2.98. The molecule has 0 radical (unpaired) electrons. The van der Waals surface area contributed by atoms with Crippen LogP contribution in [0.15, 0.2) is 18.2 Å². The number of nitrogens with zero attached hydrogens (tertiary/aromatic N) is 1. The molecule has 0 unspecified atom stereocenters. The van der Waals surface area contributed by atoms with Crippen LogP contribution < -0.4 is 0 Å². The predicted octanol–water partition coefficient (Wildman–Crippen LogP) is 3.05. The predicted molar refractivity (Wildman–Crippen MR) is 57.6 cm³/mol. The van der Waals surface area contributed by atoms with Gasteiger partial charge in [-0.15, -0.1) is 0 Å². The maximum absolute atomic E-state index is 13.4. The first-order valence-corrected chi connectivity index (χ1v) is 4.87. The molecule has 0 amide bonds. The quantitative estimate of drug-likeness (QED) is 0.589. The van der Waals surface area contributed by atoms with Crippen molar-refractivity contribution in [3.8, 4) is 0 Å². The normalized spacial score (nSPS) is 11.5. The van der Waals surface area contributed by atoms with Gasteiger partial charge < -0.3 is 4.74 Å². The summed E-state index contributed by atoms with van der Waals surface area (Å²) in [4.78, 5) is 10.1. The number of benzene rings is 1. The van der Waals surface area contributed by atoms with Gasteiger partial charge in [0.2, 0.25) is 0 Å². The fourth-order valence-electron chi connectivity index (χ4n) is 1.15. The van der Waals surface area contributed by atoms with E-state index in [0.29, 0.717) is 0 Å². The molecule has 1 aromatic carbocycles. The van der Waals surface area contributed by atoms with Crippen LogP contribution in [0, 0.1) is 15.9 Å². The molecule has 88 valence electrons. The highest BCUT2D eigenvalue weighted by atomic mass is 19.1. The topological polar surface area (TPSA) is 52.4 Å². The lowest BCUT2D eigenvalue weighted by molar-refractivity contribution is -0.386. The summed E-state index contributed by atoms with van der Waals surface area (Å²) in [6.45, 7) is 5.31. The second kappa shape index (κ2) is 4.57. The van der Waals surface area contributed by atoms with E-state index in [1.165, 1.54) is 18.2 Å². The van der Waals surface area contributed by atoms with Crippen molar-refractivity contribution in [3.05, 3.63) is 39.7 Å². The van der Waals surface area contributed by atoms with Gasteiger partial charge in [-0.1, -0.05) is 6.07 Å². The van der Waals surface area contributed by atoms with Crippen LogP contribution >= 0.6 is 0 Å². The van der Waals surface area contributed by atoms with E-state index in [9.17, 15) is 14.5 Å². The van der Waals surface area contributed by atoms with Crippen LogP contribution in [0.3, 0.4) is 0 Å². The molecule has 1 rings (SSSR count). The first-order chi connectivity index (χ1) is 7.31. The highest BCUT2D eigenvalue weighted by Gasteiger charge is 2.20. The molecular formula is C11H14FNO3. The lowest BCUT2D eigenvalue weighted by Crippen LogP contribution is -2.19. The number of nitro groups is 1. The Morgan fingerprint density at radius 1 is 1.44 bits per heavy atom. The molecule has 4 nitrogen and oxygen atoms in total. The maximum Gasteiger partial charge on any atom is 0.277 e. The Morgan fingerprint density at radius 3 is 2.56 bits per heavy atom. The van der Waals surface area contributed by atoms with Gasteiger partial charge in [-0.2, -0.15) is 0 Å². The van der Waals surface area contributed by atoms with Crippen LogP contribution in [0.2, 0.25) is 0 Å². The third kappa shape index (κ3) is 3.27. The molecule has 0 spiro atoms. The molecule has 0 fully saturated rings. The van der Waals surface area contributed by atoms with Gasteiger partial charge in [-0.3, -0.25) is 10.1 Å². The van der Waals surface area contributed by atoms with Gasteiger partial charge in [-0.25, -0.2) is 4.39 Å². The molecule has 0 aliphatic carbocycles. The second-order valence-corrected chi connectivity index (χ2v) is 4.40. The first kappa shape index (κ1) is 12.6. The van der Waals surface area contributed by atoms with E-state index in [4.69, 9.17) is 4.74 Å². The summed E-state index contributed by atoms with van der Waals surface area (Å²) < 4.78 is 18.7. The molecule has 0 aliphatic heterocycles. The minimum Gasteiger partial charge on any atom is -0.371 e. The zero-order chi connectivity index (χ0) is 12.3. The largest absolute Gasteiger partial charge is 0.371 e. The summed E-state index contributed by atoms with van der Waals surface area (Å²) in [7, 11) is 0. The number of rotatable bonds is 3. The molecular weight excluding hydrogens is 213 g/mol. The van der Waals surface area contributed by atoms with Crippen LogP contribution in [0.1, 0.15) is 26.3 Å². The average molecular weight is 227 g/mol. The number of ether oxygens (including phenoxy) is 1. The van der Waals surface area contributed by atoms with Crippen LogP contribution in [0.5, 0.6) is 0 Å². The Morgan fingerprint density at radius 2 is 2.06 bits per heavy atom. The molecule has 16 heavy (non-hydrogen) atoms. The van der Waals surface area contributed by atoms with E-state index in [1.54, 1.807) is 20.8 Å². The van der Waals surface area contributed by atoms with Crippen LogP contribution in [-0.2, 0) is 11.3 Å². The maximum atomic E-state index is 13.4. The zero-order valence-electron chi connectivity index (χ0n) is 9.49. The highest BCUT2D eigenvalue weighted by Crippen LogP contribution is 2.23. The summed E-state index contributed by atoms with van der Waals surface area (Å²) in [6, 6.07) is 3.77. The van der Waals surface area contributed by atoms with E-state index < -0.39 is 16.3 Å². The van der Waals surface area contributed by atoms with Crippen molar-refractivity contribution in [3.63, 3.8) is 0 Å². The summed E-state index contributed by atoms with van der Waals surface area (Å²) >= 11 is 0. The highest BCUT2D eigenvalue weighted by molar-refractivity contribution is 5.40. The van der Waals surface area contributed by atoms with Crippen molar-refractivity contribution < 1.29 is 14.1 Å². The molecule has 1 aromatic rings. The van der Waals surface area contributed by atoms with Gasteiger partial charge in [-0.05, 0) is 26.8 Å². The first-order valence-electron chi connectivity index (χ1n) is 4.87. The van der Waals surface area contributed by atoms with Crippen molar-refractivity contribution in [1.82, 2.24) is 0 Å². The van der Waals surface area contributed by atoms with Crippen LogP contribution in [0.4, 0.5) is 10.1 Å². The third-order valence-electron chi connectivity index (χ3n) is 1.94. The Hall–Kier alpha value is -1.49. The monoisotopic (exact) mass is 227 g/mol. The fourth-order valence-corrected chi connectivity index (χ4v) is 1.15. The minimum absolute atomic E-state index is 0.0116. The van der Waals surface area contributed by atoms with Gasteiger partial charge in [0.05, 0.1) is 22.7 Å². The summed E-state index contributed by atoms with van der Waals surface area (Å²) in [5.41, 5.74) is -0.720. The molecule has 0 bridgehead atoms. The molecule has 0 saturated heterocycles. The van der Waals surface area contributed by atoms with E-state index in [2.05, 4.69) is 0 Å². The van der Waals surface area contributed by atoms with E-state index >= 15 is 0 Å². The van der Waals surface area contributed by atoms with Gasteiger partial charge in [0.15, 0.2) is 0 Å². The molecule has 0 saturated carbocycles. The molecule has 0 aliphatic rings. The zero-order valence-corrected chi connectivity index (χ0v) is 9.49. The summed E-state index contributed by atoms with van der Waals surface area (Å²) in [5.74, 6) is -0.613. The third-order valence-corrected chi connectivity index (χ3v) is 1.94. The lowest BCUT2D eigenvalue weighted by Gasteiger charge is -2.19. The summed E-state index contributed by atoms with van der Waals surface area (Å²) in [6.07, 6.45) is 0. The fraction of sp³-hybridized carbons (Fsp3) is 0.455. The molecule has 0 atom stereocenters. The van der Waals surface area contributed by atoms with E-state index in [-0.39, 0.29) is 17.9 Å². The number of nitro benzene ring substituents is 1. The van der Waals surface area contributed by atoms with Crippen LogP contribution in [-0.4, -0.2) is 10.5 Å². The molecule has 0 heterocycles. The van der Waals surface area contributed by atoms with E-state index in [1.807, 2.05) is 0 Å². The molecule has 5 heteroatoms. The van der Waals surface area contributed by atoms with Crippen molar-refractivity contribution in [1.29, 1.82) is 0 Å². The van der Waals surface area contributed by atoms with Gasteiger partial charge in [0, 0.05) is 6.07 Å². The van der Waals surface area contributed by atoms with Crippen molar-refractivity contribution >= 4 is 5.69 Å². The van der Waals surface area contributed by atoms with Crippen molar-refractivity contribution in [2.45, 2.75) is 33.0 Å². The standard InChI is InChI=1S/C11H14FNO3/c1-11(2,3)16-7-8-9(12)5-4-6-10(8)13(14)15/h4-6H,7H2,1-3H3. The Bertz CT molecular complexity index is 399.